The molecule has 2 N–H and O–H groups in total. The zero-order valence-electron chi connectivity index (χ0n) is 10.6. The van der Waals surface area contributed by atoms with Crippen molar-refractivity contribution in [2.45, 2.75) is 31.6 Å². The monoisotopic (exact) mass is 282 g/mol. The lowest BCUT2D eigenvalue weighted by atomic mass is 10.1. The molecule has 1 aliphatic heterocycles. The van der Waals surface area contributed by atoms with E-state index in [1.807, 2.05) is 0 Å². The molecule has 1 aromatic carbocycles. The Morgan fingerprint density at radius 3 is 2.75 bits per heavy atom. The van der Waals surface area contributed by atoms with Crippen LogP contribution in [0.4, 0.5) is 13.2 Å². The highest BCUT2D eigenvalue weighted by Gasteiger charge is 2.34. The van der Waals surface area contributed by atoms with Gasteiger partial charge in [0.05, 0.1) is 12.1 Å². The van der Waals surface area contributed by atoms with Gasteiger partial charge in [-0.1, -0.05) is 18.2 Å². The van der Waals surface area contributed by atoms with Crippen LogP contribution in [0.3, 0.4) is 0 Å². The molecule has 1 aliphatic rings. The van der Waals surface area contributed by atoms with Crippen LogP contribution in [0.25, 0.3) is 11.4 Å². The molecule has 0 bridgehead atoms. The molecule has 0 aliphatic carbocycles. The predicted molar refractivity (Wildman–Crippen MR) is 66.8 cm³/mol. The quantitative estimate of drug-likeness (QED) is 0.872. The van der Waals surface area contributed by atoms with Gasteiger partial charge in [-0.05, 0) is 12.5 Å². The molecule has 0 radical (unpaired) electrons. The van der Waals surface area contributed by atoms with Gasteiger partial charge in [-0.15, -0.1) is 0 Å². The minimum atomic E-state index is -4.42. The lowest BCUT2D eigenvalue weighted by molar-refractivity contribution is -0.137. The summed E-state index contributed by atoms with van der Waals surface area (Å²) in [4.78, 5) is 4.23. The van der Waals surface area contributed by atoms with Gasteiger partial charge in [-0.25, -0.2) is 9.67 Å². The molecule has 0 fully saturated rings. The molecule has 3 rings (SSSR count). The van der Waals surface area contributed by atoms with E-state index in [0.717, 1.165) is 12.5 Å². The Labute approximate surface area is 113 Å². The van der Waals surface area contributed by atoms with Crippen LogP contribution in [-0.4, -0.2) is 20.8 Å². The molecular formula is C13H13F3N4. The fourth-order valence-corrected chi connectivity index (χ4v) is 2.37. The number of nitrogens with zero attached hydrogens (tertiary/aromatic N) is 3. The molecule has 1 atom stereocenters. The first-order valence-electron chi connectivity index (χ1n) is 6.31. The molecule has 0 spiro atoms. The smallest absolute Gasteiger partial charge is 0.326 e. The van der Waals surface area contributed by atoms with Crippen LogP contribution in [-0.2, 0) is 19.1 Å². The topological polar surface area (TPSA) is 56.7 Å². The molecule has 2 heterocycles. The molecule has 2 aromatic rings. The normalized spacial score (nSPS) is 18.9. The summed E-state index contributed by atoms with van der Waals surface area (Å²) in [6, 6.07) is 5.33. The number of fused-ring (bicyclic) bond motifs is 1. The van der Waals surface area contributed by atoms with Crippen molar-refractivity contribution in [3.63, 3.8) is 0 Å². The van der Waals surface area contributed by atoms with E-state index >= 15 is 0 Å². The number of benzene rings is 1. The van der Waals surface area contributed by atoms with Crippen LogP contribution in [0, 0.1) is 0 Å². The summed E-state index contributed by atoms with van der Waals surface area (Å²) in [6.07, 6.45) is -3.00. The fourth-order valence-electron chi connectivity index (χ4n) is 2.37. The predicted octanol–water partition coefficient (Wildman–Crippen LogP) is 2.24. The maximum atomic E-state index is 13.0. The summed E-state index contributed by atoms with van der Waals surface area (Å²) >= 11 is 0. The number of hydrogen-bond acceptors (Lipinski definition) is 3. The molecule has 4 nitrogen and oxygen atoms in total. The number of aryl methyl sites for hydroxylation is 1. The van der Waals surface area contributed by atoms with Gasteiger partial charge < -0.3 is 5.73 Å². The summed E-state index contributed by atoms with van der Waals surface area (Å²) in [6.45, 7) is 0.497. The van der Waals surface area contributed by atoms with Crippen molar-refractivity contribution in [3.05, 3.63) is 35.7 Å². The van der Waals surface area contributed by atoms with E-state index < -0.39 is 11.7 Å². The number of rotatable bonds is 1. The Morgan fingerprint density at radius 1 is 1.25 bits per heavy atom. The van der Waals surface area contributed by atoms with Crippen LogP contribution in [0.2, 0.25) is 0 Å². The van der Waals surface area contributed by atoms with Crippen LogP contribution in [0.15, 0.2) is 24.3 Å². The van der Waals surface area contributed by atoms with Crippen molar-refractivity contribution in [2.75, 3.05) is 0 Å². The van der Waals surface area contributed by atoms with Gasteiger partial charge in [0.2, 0.25) is 0 Å². The highest BCUT2D eigenvalue weighted by atomic mass is 19.4. The van der Waals surface area contributed by atoms with Gasteiger partial charge in [-0.2, -0.15) is 18.3 Å². The zero-order valence-corrected chi connectivity index (χ0v) is 10.6. The molecule has 7 heteroatoms. The van der Waals surface area contributed by atoms with Gasteiger partial charge in [0.25, 0.3) is 0 Å². The Morgan fingerprint density at radius 2 is 2.00 bits per heavy atom. The third-order valence-electron chi connectivity index (χ3n) is 3.37. The average Bonchev–Trinajstić information content (AvgIpc) is 2.80. The third kappa shape index (κ3) is 2.29. The van der Waals surface area contributed by atoms with E-state index in [9.17, 15) is 13.2 Å². The maximum absolute atomic E-state index is 13.0. The first kappa shape index (κ1) is 13.1. The zero-order chi connectivity index (χ0) is 14.3. The Hall–Kier alpha value is -1.89. The van der Waals surface area contributed by atoms with E-state index in [0.29, 0.717) is 18.8 Å². The van der Waals surface area contributed by atoms with Gasteiger partial charge in [0.1, 0.15) is 5.82 Å². The summed E-state index contributed by atoms with van der Waals surface area (Å²) in [5, 5.41) is 4.17. The van der Waals surface area contributed by atoms with Crippen molar-refractivity contribution in [3.8, 4) is 11.4 Å². The minimum Gasteiger partial charge on any atom is -0.326 e. The summed E-state index contributed by atoms with van der Waals surface area (Å²) < 4.78 is 40.6. The summed E-state index contributed by atoms with van der Waals surface area (Å²) in [5.74, 6) is 0.806. The Bertz CT molecular complexity index is 633. The van der Waals surface area contributed by atoms with Crippen molar-refractivity contribution in [2.24, 2.45) is 5.73 Å². The second-order valence-corrected chi connectivity index (χ2v) is 4.88. The van der Waals surface area contributed by atoms with E-state index in [1.54, 1.807) is 10.7 Å². The van der Waals surface area contributed by atoms with Gasteiger partial charge in [-0.3, -0.25) is 0 Å². The molecular weight excluding hydrogens is 269 g/mol. The van der Waals surface area contributed by atoms with Crippen molar-refractivity contribution in [1.82, 2.24) is 14.8 Å². The number of hydrogen-bond donors (Lipinski definition) is 1. The standard InChI is InChI=1S/C13H13F3N4/c14-13(15,16)10-4-2-1-3-9(10)12-18-11-6-5-8(17)7-20(11)19-12/h1-4,8H,5-7,17H2. The third-order valence-corrected chi connectivity index (χ3v) is 3.37. The molecule has 20 heavy (non-hydrogen) atoms. The second kappa shape index (κ2) is 4.59. The molecule has 1 aromatic heterocycles. The Balaban J connectivity index is 2.07. The Kier molecular flexibility index (Phi) is 3.01. The van der Waals surface area contributed by atoms with Crippen LogP contribution >= 0.6 is 0 Å². The fraction of sp³-hybridized carbons (Fsp3) is 0.385. The van der Waals surface area contributed by atoms with Crippen molar-refractivity contribution < 1.29 is 13.2 Å². The summed E-state index contributed by atoms with van der Waals surface area (Å²) in [7, 11) is 0. The molecule has 106 valence electrons. The van der Waals surface area contributed by atoms with Crippen molar-refractivity contribution in [1.29, 1.82) is 0 Å². The minimum absolute atomic E-state index is 0.00970. The van der Waals surface area contributed by atoms with Gasteiger partial charge in [0.15, 0.2) is 5.82 Å². The number of aromatic nitrogens is 3. The lowest BCUT2D eigenvalue weighted by Crippen LogP contribution is -2.32. The lowest BCUT2D eigenvalue weighted by Gasteiger charge is -2.17. The average molecular weight is 282 g/mol. The first-order chi connectivity index (χ1) is 9.45. The summed E-state index contributed by atoms with van der Waals surface area (Å²) in [5.41, 5.74) is 5.12. The van der Waals surface area contributed by atoms with Crippen LogP contribution < -0.4 is 5.73 Å². The van der Waals surface area contributed by atoms with Crippen molar-refractivity contribution >= 4 is 0 Å². The van der Waals surface area contributed by atoms with Crippen LogP contribution in [0.5, 0.6) is 0 Å². The molecule has 0 saturated carbocycles. The molecule has 0 saturated heterocycles. The van der Waals surface area contributed by atoms with E-state index in [2.05, 4.69) is 10.1 Å². The largest absolute Gasteiger partial charge is 0.417 e. The first-order valence-corrected chi connectivity index (χ1v) is 6.31. The van der Waals surface area contributed by atoms with Crippen LogP contribution in [0.1, 0.15) is 17.8 Å². The van der Waals surface area contributed by atoms with E-state index in [-0.39, 0.29) is 17.4 Å². The highest BCUT2D eigenvalue weighted by molar-refractivity contribution is 5.60. The highest BCUT2D eigenvalue weighted by Crippen LogP contribution is 2.36. The molecule has 0 amide bonds. The van der Waals surface area contributed by atoms with E-state index in [1.165, 1.54) is 12.1 Å². The maximum Gasteiger partial charge on any atom is 0.417 e. The van der Waals surface area contributed by atoms with Gasteiger partial charge in [0, 0.05) is 18.0 Å². The number of halogens is 3. The number of nitrogens with two attached hydrogens (primary N) is 1. The molecule has 1 unspecified atom stereocenters. The number of alkyl halides is 3. The second-order valence-electron chi connectivity index (χ2n) is 4.88. The van der Waals surface area contributed by atoms with Gasteiger partial charge >= 0.3 is 6.18 Å². The van der Waals surface area contributed by atoms with E-state index in [4.69, 9.17) is 5.73 Å². The SMILES string of the molecule is NC1CCc2nc(-c3ccccc3C(F)(F)F)nn2C1.